The van der Waals surface area contributed by atoms with Gasteiger partial charge in [0.05, 0.1) is 13.2 Å². The van der Waals surface area contributed by atoms with Gasteiger partial charge in [0.1, 0.15) is 36.8 Å². The van der Waals surface area contributed by atoms with E-state index in [4.69, 9.17) is 19.3 Å². The van der Waals surface area contributed by atoms with Crippen LogP contribution in [0.15, 0.2) is 42.5 Å². The molecule has 0 aromatic heterocycles. The molecule has 1 heterocycles. The van der Waals surface area contributed by atoms with E-state index in [1.54, 1.807) is 12.2 Å². The van der Waals surface area contributed by atoms with E-state index in [0.717, 1.165) is 5.75 Å². The summed E-state index contributed by atoms with van der Waals surface area (Å²) in [4.78, 5) is 0. The molecule has 0 aliphatic carbocycles. The fourth-order valence-corrected chi connectivity index (χ4v) is 2.15. The van der Waals surface area contributed by atoms with Crippen molar-refractivity contribution in [2.75, 3.05) is 19.8 Å². The molecule has 2 rings (SSSR count). The van der Waals surface area contributed by atoms with E-state index in [1.807, 2.05) is 30.3 Å². The molecule has 7 nitrogen and oxygen atoms in total. The van der Waals surface area contributed by atoms with Gasteiger partial charge in [-0.2, -0.15) is 0 Å². The maximum atomic E-state index is 9.78. The van der Waals surface area contributed by atoms with Gasteiger partial charge in [0, 0.05) is 0 Å². The second kappa shape index (κ2) is 8.97. The van der Waals surface area contributed by atoms with Crippen molar-refractivity contribution in [1.29, 1.82) is 0 Å². The Morgan fingerprint density at radius 2 is 1.65 bits per heavy atom. The van der Waals surface area contributed by atoms with Crippen molar-refractivity contribution in [3.05, 3.63) is 42.5 Å². The van der Waals surface area contributed by atoms with E-state index in [-0.39, 0.29) is 6.61 Å². The minimum atomic E-state index is -1.43. The highest BCUT2D eigenvalue weighted by Gasteiger charge is 2.43. The van der Waals surface area contributed by atoms with Crippen molar-refractivity contribution < 1.29 is 34.6 Å². The zero-order valence-electron chi connectivity index (χ0n) is 12.6. The van der Waals surface area contributed by atoms with Crippen molar-refractivity contribution >= 4 is 0 Å². The predicted octanol–water partition coefficient (Wildman–Crippen LogP) is -0.562. The average Bonchev–Trinajstić information content (AvgIpc) is 2.58. The monoisotopic (exact) mass is 326 g/mol. The smallest absolute Gasteiger partial charge is 0.187 e. The number of ether oxygens (including phenoxy) is 3. The number of rotatable bonds is 7. The van der Waals surface area contributed by atoms with Crippen LogP contribution in [-0.4, -0.2) is 71.0 Å². The van der Waals surface area contributed by atoms with Gasteiger partial charge < -0.3 is 34.6 Å². The Labute approximate surface area is 134 Å². The third-order valence-corrected chi connectivity index (χ3v) is 3.46. The minimum Gasteiger partial charge on any atom is -0.490 e. The Bertz CT molecular complexity index is 477. The molecule has 1 fully saturated rings. The second-order valence-corrected chi connectivity index (χ2v) is 5.13. The number of hydrogen-bond donors (Lipinski definition) is 4. The molecule has 0 radical (unpaired) electrons. The lowest BCUT2D eigenvalue weighted by atomic mass is 9.99. The van der Waals surface area contributed by atoms with E-state index < -0.39 is 37.3 Å². The number of aliphatic hydroxyl groups excluding tert-OH is 4. The summed E-state index contributed by atoms with van der Waals surface area (Å²) in [6.07, 6.45) is -2.86. The topological polar surface area (TPSA) is 109 Å². The molecule has 23 heavy (non-hydrogen) atoms. The Hall–Kier alpha value is -1.48. The lowest BCUT2D eigenvalue weighted by Crippen LogP contribution is -2.59. The summed E-state index contributed by atoms with van der Waals surface area (Å²) in [5.74, 6) is 0.756. The van der Waals surface area contributed by atoms with Crippen LogP contribution in [0.1, 0.15) is 0 Å². The molecule has 4 N–H and O–H groups in total. The van der Waals surface area contributed by atoms with Crippen molar-refractivity contribution in [3.8, 4) is 5.75 Å². The van der Waals surface area contributed by atoms with Crippen molar-refractivity contribution in [1.82, 2.24) is 0 Å². The standard InChI is InChI=1S/C16H22O7/c17-10-12-13(18)14(19)15(20)16(23-12)22-9-5-4-8-21-11-6-2-1-3-7-11/h1-7,12-20H,8-10H2/b5-4+/t12-,13+,14+,15-,16+/m1/s1. The van der Waals surface area contributed by atoms with Crippen molar-refractivity contribution in [2.24, 2.45) is 0 Å². The largest absolute Gasteiger partial charge is 0.490 e. The van der Waals surface area contributed by atoms with Crippen LogP contribution in [0.2, 0.25) is 0 Å². The third kappa shape index (κ3) is 5.00. The van der Waals surface area contributed by atoms with E-state index >= 15 is 0 Å². The highest BCUT2D eigenvalue weighted by Crippen LogP contribution is 2.21. The maximum Gasteiger partial charge on any atom is 0.187 e. The lowest BCUT2D eigenvalue weighted by molar-refractivity contribution is -0.298. The fraction of sp³-hybridized carbons (Fsp3) is 0.500. The molecule has 0 saturated carbocycles. The number of benzene rings is 1. The Morgan fingerprint density at radius 3 is 2.35 bits per heavy atom. The van der Waals surface area contributed by atoms with Gasteiger partial charge in [0.2, 0.25) is 0 Å². The molecule has 5 atom stereocenters. The van der Waals surface area contributed by atoms with Gasteiger partial charge in [-0.15, -0.1) is 0 Å². The minimum absolute atomic E-state index is 0.126. The SMILES string of the molecule is OC[C@H]1O[C@H](OC/C=C/COc2ccccc2)[C@H](O)[C@@H](O)[C@H]1O. The molecule has 1 aliphatic rings. The zero-order chi connectivity index (χ0) is 16.7. The summed E-state index contributed by atoms with van der Waals surface area (Å²) in [5, 5.41) is 38.1. The first-order chi connectivity index (χ1) is 11.1. The van der Waals surface area contributed by atoms with Crippen molar-refractivity contribution in [2.45, 2.75) is 30.7 Å². The van der Waals surface area contributed by atoms with Crippen LogP contribution in [0.3, 0.4) is 0 Å². The van der Waals surface area contributed by atoms with Crippen LogP contribution in [0.25, 0.3) is 0 Å². The molecule has 128 valence electrons. The highest BCUT2D eigenvalue weighted by atomic mass is 16.7. The Balaban J connectivity index is 1.71. The number of hydrogen-bond acceptors (Lipinski definition) is 7. The van der Waals surface area contributed by atoms with Crippen LogP contribution >= 0.6 is 0 Å². The number of para-hydroxylation sites is 1. The van der Waals surface area contributed by atoms with Crippen LogP contribution in [0.4, 0.5) is 0 Å². The average molecular weight is 326 g/mol. The number of aliphatic hydroxyl groups is 4. The molecule has 1 aliphatic heterocycles. The Morgan fingerprint density at radius 1 is 0.957 bits per heavy atom. The van der Waals surface area contributed by atoms with E-state index in [1.165, 1.54) is 0 Å². The molecule has 0 unspecified atom stereocenters. The van der Waals surface area contributed by atoms with E-state index in [0.29, 0.717) is 6.61 Å². The van der Waals surface area contributed by atoms with Gasteiger partial charge in [-0.1, -0.05) is 24.3 Å². The Kier molecular flexibility index (Phi) is 6.97. The van der Waals surface area contributed by atoms with Crippen LogP contribution in [-0.2, 0) is 9.47 Å². The summed E-state index contributed by atoms with van der Waals surface area (Å²) < 4.78 is 16.0. The highest BCUT2D eigenvalue weighted by molar-refractivity contribution is 5.21. The second-order valence-electron chi connectivity index (χ2n) is 5.13. The first-order valence-electron chi connectivity index (χ1n) is 7.38. The van der Waals surface area contributed by atoms with Gasteiger partial charge in [-0.3, -0.25) is 0 Å². The van der Waals surface area contributed by atoms with Crippen LogP contribution < -0.4 is 4.74 Å². The molecule has 0 amide bonds. The van der Waals surface area contributed by atoms with Gasteiger partial charge in [0.15, 0.2) is 6.29 Å². The first-order valence-corrected chi connectivity index (χ1v) is 7.38. The lowest BCUT2D eigenvalue weighted by Gasteiger charge is -2.39. The van der Waals surface area contributed by atoms with E-state index in [2.05, 4.69) is 0 Å². The normalized spacial score (nSPS) is 31.4. The molecule has 1 saturated heterocycles. The van der Waals surface area contributed by atoms with Gasteiger partial charge in [-0.05, 0) is 18.2 Å². The van der Waals surface area contributed by atoms with Crippen molar-refractivity contribution in [3.63, 3.8) is 0 Å². The molecule has 7 heteroatoms. The van der Waals surface area contributed by atoms with Crippen LogP contribution in [0.5, 0.6) is 5.75 Å². The summed E-state index contributed by atoms with van der Waals surface area (Å²) in [6.45, 7) is 0.00839. The first kappa shape index (κ1) is 17.9. The zero-order valence-corrected chi connectivity index (χ0v) is 12.6. The molecule has 1 aromatic rings. The molecule has 0 bridgehead atoms. The van der Waals surface area contributed by atoms with Gasteiger partial charge >= 0.3 is 0 Å². The fourth-order valence-electron chi connectivity index (χ4n) is 2.15. The quantitative estimate of drug-likeness (QED) is 0.497. The van der Waals surface area contributed by atoms with Crippen LogP contribution in [0, 0.1) is 0 Å². The molecule has 0 spiro atoms. The summed E-state index contributed by atoms with van der Waals surface area (Å²) in [6, 6.07) is 9.34. The summed E-state index contributed by atoms with van der Waals surface area (Å²) >= 11 is 0. The maximum absolute atomic E-state index is 9.78. The summed E-state index contributed by atoms with van der Waals surface area (Å²) in [5.41, 5.74) is 0. The third-order valence-electron chi connectivity index (χ3n) is 3.46. The van der Waals surface area contributed by atoms with Gasteiger partial charge in [-0.25, -0.2) is 0 Å². The molecular weight excluding hydrogens is 304 g/mol. The summed E-state index contributed by atoms with van der Waals surface area (Å²) in [7, 11) is 0. The predicted molar refractivity (Wildman–Crippen MR) is 80.8 cm³/mol. The van der Waals surface area contributed by atoms with Gasteiger partial charge in [0.25, 0.3) is 0 Å². The van der Waals surface area contributed by atoms with E-state index in [9.17, 15) is 15.3 Å². The molecule has 1 aromatic carbocycles. The molecular formula is C16H22O7.